The summed E-state index contributed by atoms with van der Waals surface area (Å²) in [5.74, 6) is -1.70. The number of nitrogens with one attached hydrogen (secondary N) is 1. The zero-order valence-corrected chi connectivity index (χ0v) is 17.8. The van der Waals surface area contributed by atoms with Crippen LogP contribution in [0.3, 0.4) is 0 Å². The number of ether oxygens (including phenoxy) is 1. The van der Waals surface area contributed by atoms with Crippen LogP contribution in [0.25, 0.3) is 10.6 Å². The van der Waals surface area contributed by atoms with E-state index in [1.807, 2.05) is 0 Å². The number of thiazole rings is 1. The molecule has 2 aromatic carbocycles. The Labute approximate surface area is 182 Å². The number of esters is 1. The van der Waals surface area contributed by atoms with E-state index in [9.17, 15) is 24.1 Å². The minimum absolute atomic E-state index is 0.135. The number of rotatable bonds is 6. The molecule has 1 amide bonds. The predicted molar refractivity (Wildman–Crippen MR) is 112 cm³/mol. The minimum Gasteiger partial charge on any atom is -0.451 e. The van der Waals surface area contributed by atoms with Crippen molar-refractivity contribution in [1.29, 1.82) is 0 Å². The SMILES string of the molecule is Cc1nc(-c2ccc(F)cc2)sc1C(=O)OCC(=O)Nc1ccc([N+](=O)[O-])cc1Br. The highest BCUT2D eigenvalue weighted by atomic mass is 79.9. The van der Waals surface area contributed by atoms with Crippen LogP contribution < -0.4 is 5.32 Å². The van der Waals surface area contributed by atoms with Crippen molar-refractivity contribution in [3.05, 3.63) is 73.4 Å². The number of aromatic nitrogens is 1. The third-order valence-corrected chi connectivity index (χ3v) is 5.69. The molecule has 30 heavy (non-hydrogen) atoms. The molecule has 3 aromatic rings. The van der Waals surface area contributed by atoms with Crippen molar-refractivity contribution in [2.75, 3.05) is 11.9 Å². The average Bonchev–Trinajstić information content (AvgIpc) is 3.09. The quantitative estimate of drug-likeness (QED) is 0.302. The number of hydrogen-bond acceptors (Lipinski definition) is 7. The van der Waals surface area contributed by atoms with Gasteiger partial charge in [0.1, 0.15) is 15.7 Å². The van der Waals surface area contributed by atoms with E-state index in [2.05, 4.69) is 26.2 Å². The van der Waals surface area contributed by atoms with E-state index in [1.165, 1.54) is 30.3 Å². The van der Waals surface area contributed by atoms with Gasteiger partial charge in [0.05, 0.1) is 16.3 Å². The van der Waals surface area contributed by atoms with Gasteiger partial charge >= 0.3 is 5.97 Å². The van der Waals surface area contributed by atoms with Crippen molar-refractivity contribution in [2.45, 2.75) is 6.92 Å². The Kier molecular flexibility index (Phi) is 6.53. The highest BCUT2D eigenvalue weighted by Gasteiger charge is 2.19. The molecule has 154 valence electrons. The van der Waals surface area contributed by atoms with E-state index < -0.39 is 23.4 Å². The molecule has 1 N–H and O–H groups in total. The molecule has 0 saturated heterocycles. The van der Waals surface area contributed by atoms with Crippen molar-refractivity contribution in [3.8, 4) is 10.6 Å². The fourth-order valence-electron chi connectivity index (χ4n) is 2.40. The second-order valence-corrected chi connectivity index (χ2v) is 7.84. The van der Waals surface area contributed by atoms with E-state index in [1.54, 1.807) is 19.1 Å². The minimum atomic E-state index is -0.712. The second kappa shape index (κ2) is 9.09. The first-order valence-corrected chi connectivity index (χ1v) is 10.00. The lowest BCUT2D eigenvalue weighted by atomic mass is 10.2. The molecule has 0 unspecified atom stereocenters. The lowest BCUT2D eigenvalue weighted by Gasteiger charge is -2.08. The number of amides is 1. The van der Waals surface area contributed by atoms with E-state index in [0.717, 1.165) is 11.3 Å². The van der Waals surface area contributed by atoms with Crippen LogP contribution in [0.1, 0.15) is 15.4 Å². The Morgan fingerprint density at radius 2 is 1.97 bits per heavy atom. The lowest BCUT2D eigenvalue weighted by Crippen LogP contribution is -2.21. The topological polar surface area (TPSA) is 111 Å². The van der Waals surface area contributed by atoms with Crippen LogP contribution in [0.4, 0.5) is 15.8 Å². The first-order chi connectivity index (χ1) is 14.2. The first kappa shape index (κ1) is 21.5. The van der Waals surface area contributed by atoms with Crippen molar-refractivity contribution in [2.24, 2.45) is 0 Å². The molecular formula is C19H13BrFN3O5S. The van der Waals surface area contributed by atoms with Gasteiger partial charge in [-0.2, -0.15) is 0 Å². The number of anilines is 1. The molecule has 0 bridgehead atoms. The Hall–Kier alpha value is -3.18. The maximum Gasteiger partial charge on any atom is 0.350 e. The molecule has 0 fully saturated rings. The Bertz CT molecular complexity index is 1130. The molecular weight excluding hydrogens is 481 g/mol. The summed E-state index contributed by atoms with van der Waals surface area (Å²) in [6.07, 6.45) is 0. The van der Waals surface area contributed by atoms with Crippen LogP contribution in [0, 0.1) is 22.9 Å². The molecule has 0 spiro atoms. The summed E-state index contributed by atoms with van der Waals surface area (Å²) in [7, 11) is 0. The predicted octanol–water partition coefficient (Wildman–Crippen LogP) is 4.72. The number of nitro benzene ring substituents is 1. The molecule has 0 aliphatic carbocycles. The van der Waals surface area contributed by atoms with Gasteiger partial charge in [-0.15, -0.1) is 11.3 Å². The summed E-state index contributed by atoms with van der Waals surface area (Å²) in [5, 5.41) is 13.8. The molecule has 3 rings (SSSR count). The fraction of sp³-hybridized carbons (Fsp3) is 0.105. The number of halogens is 2. The van der Waals surface area contributed by atoms with E-state index in [-0.39, 0.29) is 16.4 Å². The Balaban J connectivity index is 1.62. The maximum atomic E-state index is 13.1. The van der Waals surface area contributed by atoms with Gasteiger partial charge in [0.15, 0.2) is 6.61 Å². The zero-order valence-electron chi connectivity index (χ0n) is 15.3. The van der Waals surface area contributed by atoms with Gasteiger partial charge in [0, 0.05) is 22.2 Å². The molecule has 0 aliphatic rings. The van der Waals surface area contributed by atoms with Crippen molar-refractivity contribution >= 4 is 50.5 Å². The van der Waals surface area contributed by atoms with Crippen LogP contribution >= 0.6 is 27.3 Å². The van der Waals surface area contributed by atoms with Crippen LogP contribution in [-0.2, 0) is 9.53 Å². The average molecular weight is 494 g/mol. The number of nitrogens with zero attached hydrogens (tertiary/aromatic N) is 2. The number of non-ortho nitro benzene ring substituents is 1. The summed E-state index contributed by atoms with van der Waals surface area (Å²) in [4.78, 5) is 39.1. The van der Waals surface area contributed by atoms with E-state index in [4.69, 9.17) is 4.74 Å². The fourth-order valence-corrected chi connectivity index (χ4v) is 3.83. The molecule has 8 nitrogen and oxygen atoms in total. The molecule has 0 aliphatic heterocycles. The zero-order chi connectivity index (χ0) is 21.8. The first-order valence-electron chi connectivity index (χ1n) is 8.39. The van der Waals surface area contributed by atoms with Gasteiger partial charge < -0.3 is 10.1 Å². The summed E-state index contributed by atoms with van der Waals surface area (Å²) in [5.41, 5.74) is 1.25. The van der Waals surface area contributed by atoms with Crippen molar-refractivity contribution < 1.29 is 23.6 Å². The molecule has 11 heteroatoms. The molecule has 0 atom stereocenters. The highest BCUT2D eigenvalue weighted by Crippen LogP contribution is 2.29. The van der Waals surface area contributed by atoms with Gasteiger partial charge in [-0.3, -0.25) is 14.9 Å². The van der Waals surface area contributed by atoms with Gasteiger partial charge in [0.2, 0.25) is 0 Å². The molecule has 0 saturated carbocycles. The van der Waals surface area contributed by atoms with Gasteiger partial charge in [-0.05, 0) is 53.2 Å². The van der Waals surface area contributed by atoms with Crippen molar-refractivity contribution in [1.82, 2.24) is 4.98 Å². The third kappa shape index (κ3) is 5.05. The number of hydrogen-bond donors (Lipinski definition) is 1. The number of carbonyl (C=O) groups excluding carboxylic acids is 2. The Morgan fingerprint density at radius 1 is 1.27 bits per heavy atom. The largest absolute Gasteiger partial charge is 0.451 e. The standard InChI is InChI=1S/C19H13BrFN3O5S/c1-10-17(30-18(22-10)11-2-4-12(21)5-3-11)19(26)29-9-16(25)23-15-7-6-13(24(27)28)8-14(15)20/h2-8H,9H2,1H3,(H,23,25). The highest BCUT2D eigenvalue weighted by molar-refractivity contribution is 9.10. The summed E-state index contributed by atoms with van der Waals surface area (Å²) in [6.45, 7) is 1.08. The van der Waals surface area contributed by atoms with Crippen LogP contribution in [0.15, 0.2) is 46.9 Å². The van der Waals surface area contributed by atoms with Crippen LogP contribution in [0.5, 0.6) is 0 Å². The van der Waals surface area contributed by atoms with E-state index >= 15 is 0 Å². The summed E-state index contributed by atoms with van der Waals surface area (Å²) in [6, 6.07) is 9.56. The van der Waals surface area contributed by atoms with Gasteiger partial charge in [-0.25, -0.2) is 14.2 Å². The molecule has 1 heterocycles. The monoisotopic (exact) mass is 493 g/mol. The normalized spacial score (nSPS) is 10.5. The number of nitro groups is 1. The number of aryl methyl sites for hydroxylation is 1. The van der Waals surface area contributed by atoms with Gasteiger partial charge in [-0.1, -0.05) is 0 Å². The van der Waals surface area contributed by atoms with Crippen LogP contribution in [0.2, 0.25) is 0 Å². The smallest absolute Gasteiger partial charge is 0.350 e. The molecule has 1 aromatic heterocycles. The summed E-state index contributed by atoms with van der Waals surface area (Å²) >= 11 is 4.22. The number of benzene rings is 2. The maximum absolute atomic E-state index is 13.1. The summed E-state index contributed by atoms with van der Waals surface area (Å²) < 4.78 is 18.4. The Morgan fingerprint density at radius 3 is 2.60 bits per heavy atom. The third-order valence-electron chi connectivity index (χ3n) is 3.85. The van der Waals surface area contributed by atoms with Crippen molar-refractivity contribution in [3.63, 3.8) is 0 Å². The number of carbonyl (C=O) groups is 2. The van der Waals surface area contributed by atoms with Crippen LogP contribution in [-0.4, -0.2) is 28.4 Å². The van der Waals surface area contributed by atoms with Gasteiger partial charge in [0.25, 0.3) is 11.6 Å². The second-order valence-electron chi connectivity index (χ2n) is 5.99. The lowest BCUT2D eigenvalue weighted by molar-refractivity contribution is -0.384. The molecule has 0 radical (unpaired) electrons. The van der Waals surface area contributed by atoms with E-state index in [0.29, 0.717) is 26.4 Å².